The molecule has 0 aromatic carbocycles. The van der Waals surface area contributed by atoms with E-state index in [1.54, 1.807) is 0 Å². The molecule has 1 aromatic rings. The molecule has 1 saturated heterocycles. The zero-order valence-corrected chi connectivity index (χ0v) is 10.0. The van der Waals surface area contributed by atoms with E-state index in [2.05, 4.69) is 4.98 Å². The first kappa shape index (κ1) is 12.8. The molecule has 2 heterocycles. The van der Waals surface area contributed by atoms with Crippen LogP contribution in [-0.2, 0) is 4.79 Å². The fourth-order valence-electron chi connectivity index (χ4n) is 1.94. The van der Waals surface area contributed by atoms with E-state index in [9.17, 15) is 14.7 Å². The normalized spacial score (nSPS) is 23.1. The standard InChI is InChI=1S/C11H11ClN2O4/c12-9-2-1-6(4-13-9)10(16)14-5-7(15)3-8(14)11(17)18/h1-2,4,7-8,15H,3,5H2,(H,17,18). The number of carbonyl (C=O) groups excluding carboxylic acids is 1. The number of hydrogen-bond donors (Lipinski definition) is 2. The van der Waals surface area contributed by atoms with Gasteiger partial charge in [-0.25, -0.2) is 9.78 Å². The number of carboxylic acids is 1. The molecule has 2 atom stereocenters. The van der Waals surface area contributed by atoms with Crippen molar-refractivity contribution in [1.82, 2.24) is 9.88 Å². The summed E-state index contributed by atoms with van der Waals surface area (Å²) in [6.45, 7) is 0.0123. The first-order valence-corrected chi connectivity index (χ1v) is 5.70. The van der Waals surface area contributed by atoms with E-state index in [-0.39, 0.29) is 23.7 Å². The molecule has 6 nitrogen and oxygen atoms in total. The number of aliphatic carboxylic acids is 1. The minimum absolute atomic E-state index is 0.0123. The van der Waals surface area contributed by atoms with Gasteiger partial charge in [0.2, 0.25) is 0 Å². The molecule has 18 heavy (non-hydrogen) atoms. The van der Waals surface area contributed by atoms with E-state index < -0.39 is 24.0 Å². The summed E-state index contributed by atoms with van der Waals surface area (Å²) in [5.41, 5.74) is 0.250. The van der Waals surface area contributed by atoms with Crippen molar-refractivity contribution in [1.29, 1.82) is 0 Å². The lowest BCUT2D eigenvalue weighted by atomic mass is 10.2. The molecule has 0 radical (unpaired) electrons. The molecule has 7 heteroatoms. The van der Waals surface area contributed by atoms with E-state index in [0.29, 0.717) is 0 Å². The Hall–Kier alpha value is -1.66. The summed E-state index contributed by atoms with van der Waals surface area (Å²) in [4.78, 5) is 28.0. The van der Waals surface area contributed by atoms with Gasteiger partial charge in [0.05, 0.1) is 11.7 Å². The number of amides is 1. The number of likely N-dealkylation sites (tertiary alicyclic amines) is 1. The van der Waals surface area contributed by atoms with Crippen LogP contribution >= 0.6 is 11.6 Å². The Morgan fingerprint density at radius 2 is 2.17 bits per heavy atom. The van der Waals surface area contributed by atoms with E-state index in [1.807, 2.05) is 0 Å². The van der Waals surface area contributed by atoms with E-state index >= 15 is 0 Å². The molecule has 2 N–H and O–H groups in total. The van der Waals surface area contributed by atoms with Crippen molar-refractivity contribution in [3.05, 3.63) is 29.0 Å². The first-order valence-electron chi connectivity index (χ1n) is 5.32. The SMILES string of the molecule is O=C(O)C1CC(O)CN1C(=O)c1ccc(Cl)nc1. The maximum Gasteiger partial charge on any atom is 0.326 e. The fourth-order valence-corrected chi connectivity index (χ4v) is 2.05. The van der Waals surface area contributed by atoms with Crippen molar-refractivity contribution in [2.24, 2.45) is 0 Å². The molecule has 0 bridgehead atoms. The Kier molecular flexibility index (Phi) is 3.49. The van der Waals surface area contributed by atoms with Gasteiger partial charge < -0.3 is 15.1 Å². The van der Waals surface area contributed by atoms with Crippen LogP contribution in [0.25, 0.3) is 0 Å². The molecule has 0 saturated carbocycles. The van der Waals surface area contributed by atoms with Crippen LogP contribution < -0.4 is 0 Å². The summed E-state index contributed by atoms with van der Waals surface area (Å²) in [7, 11) is 0. The molecular formula is C11H11ClN2O4. The summed E-state index contributed by atoms with van der Waals surface area (Å²) in [6.07, 6.45) is 0.520. The van der Waals surface area contributed by atoms with Crippen molar-refractivity contribution in [2.75, 3.05) is 6.54 Å². The number of halogens is 1. The molecule has 2 unspecified atom stereocenters. The zero-order valence-electron chi connectivity index (χ0n) is 9.28. The van der Waals surface area contributed by atoms with E-state index in [1.165, 1.54) is 18.3 Å². The monoisotopic (exact) mass is 270 g/mol. The average Bonchev–Trinajstić information content (AvgIpc) is 2.71. The van der Waals surface area contributed by atoms with Crippen LogP contribution in [0.4, 0.5) is 0 Å². The first-order chi connectivity index (χ1) is 8.49. The molecule has 1 aromatic heterocycles. The largest absolute Gasteiger partial charge is 0.480 e. The Balaban J connectivity index is 2.22. The number of aliphatic hydroxyl groups excluding tert-OH is 1. The average molecular weight is 271 g/mol. The van der Waals surface area contributed by atoms with Gasteiger partial charge in [0.15, 0.2) is 0 Å². The fraction of sp³-hybridized carbons (Fsp3) is 0.364. The molecule has 1 amide bonds. The summed E-state index contributed by atoms with van der Waals surface area (Å²) in [6, 6.07) is 1.93. The summed E-state index contributed by atoms with van der Waals surface area (Å²) in [5, 5.41) is 18.7. The molecule has 1 fully saturated rings. The number of rotatable bonds is 2. The summed E-state index contributed by atoms with van der Waals surface area (Å²) in [5.74, 6) is -1.59. The second-order valence-electron chi connectivity index (χ2n) is 4.07. The van der Waals surface area contributed by atoms with E-state index in [4.69, 9.17) is 16.7 Å². The van der Waals surface area contributed by atoms with Crippen molar-refractivity contribution in [2.45, 2.75) is 18.6 Å². The lowest BCUT2D eigenvalue weighted by molar-refractivity contribution is -0.141. The molecule has 0 aliphatic carbocycles. The van der Waals surface area contributed by atoms with Gasteiger partial charge in [0.25, 0.3) is 5.91 Å². The number of carbonyl (C=O) groups is 2. The number of pyridine rings is 1. The van der Waals surface area contributed by atoms with Gasteiger partial charge in [-0.3, -0.25) is 4.79 Å². The quantitative estimate of drug-likeness (QED) is 0.759. The second kappa shape index (κ2) is 4.91. The third-order valence-electron chi connectivity index (χ3n) is 2.80. The minimum atomic E-state index is -1.12. The van der Waals surface area contributed by atoms with Gasteiger partial charge >= 0.3 is 5.97 Å². The Morgan fingerprint density at radius 1 is 1.44 bits per heavy atom. The van der Waals surface area contributed by atoms with Crippen molar-refractivity contribution in [3.63, 3.8) is 0 Å². The number of hydrogen-bond acceptors (Lipinski definition) is 4. The Bertz CT molecular complexity index is 476. The van der Waals surface area contributed by atoms with Crippen molar-refractivity contribution >= 4 is 23.5 Å². The second-order valence-corrected chi connectivity index (χ2v) is 4.46. The van der Waals surface area contributed by atoms with Crippen molar-refractivity contribution in [3.8, 4) is 0 Å². The molecule has 2 rings (SSSR count). The van der Waals surface area contributed by atoms with Crippen LogP contribution in [0.2, 0.25) is 5.15 Å². The molecular weight excluding hydrogens is 260 g/mol. The number of β-amino-alcohol motifs (C(OH)–C–C–N with tert-alkyl or cyclic N) is 1. The third kappa shape index (κ3) is 2.44. The minimum Gasteiger partial charge on any atom is -0.480 e. The highest BCUT2D eigenvalue weighted by Crippen LogP contribution is 2.21. The van der Waals surface area contributed by atoms with Crippen LogP contribution in [0.3, 0.4) is 0 Å². The lowest BCUT2D eigenvalue weighted by Crippen LogP contribution is -2.40. The topological polar surface area (TPSA) is 90.7 Å². The highest BCUT2D eigenvalue weighted by molar-refractivity contribution is 6.29. The summed E-state index contributed by atoms with van der Waals surface area (Å²) >= 11 is 5.61. The maximum absolute atomic E-state index is 12.1. The van der Waals surface area contributed by atoms with Crippen LogP contribution in [0.15, 0.2) is 18.3 Å². The number of nitrogens with zero attached hydrogens (tertiary/aromatic N) is 2. The maximum atomic E-state index is 12.1. The van der Waals surface area contributed by atoms with Gasteiger partial charge in [0.1, 0.15) is 11.2 Å². The third-order valence-corrected chi connectivity index (χ3v) is 3.02. The highest BCUT2D eigenvalue weighted by Gasteiger charge is 2.39. The highest BCUT2D eigenvalue weighted by atomic mass is 35.5. The van der Waals surface area contributed by atoms with Gasteiger partial charge in [-0.05, 0) is 12.1 Å². The van der Waals surface area contributed by atoms with Gasteiger partial charge in [-0.1, -0.05) is 11.6 Å². The van der Waals surface area contributed by atoms with Crippen LogP contribution in [0.5, 0.6) is 0 Å². The van der Waals surface area contributed by atoms with E-state index in [0.717, 1.165) is 4.90 Å². The summed E-state index contributed by atoms with van der Waals surface area (Å²) < 4.78 is 0. The number of aromatic nitrogens is 1. The Labute approximate surface area is 108 Å². The van der Waals surface area contributed by atoms with Crippen LogP contribution in [0, 0.1) is 0 Å². The smallest absolute Gasteiger partial charge is 0.326 e. The Morgan fingerprint density at radius 3 is 2.72 bits per heavy atom. The van der Waals surface area contributed by atoms with Crippen LogP contribution in [0.1, 0.15) is 16.8 Å². The number of carboxylic acid groups (broad SMARTS) is 1. The van der Waals surface area contributed by atoms with Gasteiger partial charge in [-0.15, -0.1) is 0 Å². The molecule has 1 aliphatic heterocycles. The molecule has 96 valence electrons. The van der Waals surface area contributed by atoms with Gasteiger partial charge in [0, 0.05) is 19.2 Å². The van der Waals surface area contributed by atoms with Crippen molar-refractivity contribution < 1.29 is 19.8 Å². The predicted molar refractivity (Wildman–Crippen MR) is 62.3 cm³/mol. The lowest BCUT2D eigenvalue weighted by Gasteiger charge is -2.20. The number of aliphatic hydroxyl groups is 1. The van der Waals surface area contributed by atoms with Gasteiger partial charge in [-0.2, -0.15) is 0 Å². The zero-order chi connectivity index (χ0) is 13.3. The predicted octanol–water partition coefficient (Wildman–Crippen LogP) is 0.395. The molecule has 1 aliphatic rings. The molecule has 0 spiro atoms. The van der Waals surface area contributed by atoms with Crippen LogP contribution in [-0.4, -0.2) is 50.7 Å².